The van der Waals surface area contributed by atoms with Crippen LogP contribution in [0.4, 0.5) is 5.69 Å². The van der Waals surface area contributed by atoms with Gasteiger partial charge < -0.3 is 10.6 Å². The second kappa shape index (κ2) is 8.64. The number of amides is 2. The Morgan fingerprint density at radius 2 is 1.89 bits per heavy atom. The zero-order valence-electron chi connectivity index (χ0n) is 15.7. The van der Waals surface area contributed by atoms with Gasteiger partial charge in [0.05, 0.1) is 4.90 Å². The first-order chi connectivity index (χ1) is 12.6. The largest absolute Gasteiger partial charge is 0.351 e. The highest BCUT2D eigenvalue weighted by atomic mass is 32.2. The molecule has 146 valence electrons. The summed E-state index contributed by atoms with van der Waals surface area (Å²) in [6.45, 7) is 3.80. The molecule has 1 aromatic heterocycles. The maximum atomic E-state index is 12.4. The normalized spacial score (nSPS) is 11.4. The molecule has 0 atom stereocenters. The van der Waals surface area contributed by atoms with Gasteiger partial charge in [-0.1, -0.05) is 0 Å². The highest BCUT2D eigenvalue weighted by molar-refractivity contribution is 7.89. The number of hydrogen-bond acceptors (Lipinski definition) is 5. The smallest absolute Gasteiger partial charge is 0.252 e. The second-order valence-corrected chi connectivity index (χ2v) is 9.20. The minimum absolute atomic E-state index is 0.0824. The summed E-state index contributed by atoms with van der Waals surface area (Å²) in [5.41, 5.74) is 2.57. The molecule has 2 rings (SSSR count). The van der Waals surface area contributed by atoms with Crippen LogP contribution < -0.4 is 10.6 Å². The fourth-order valence-electron chi connectivity index (χ4n) is 2.31. The first-order valence-corrected chi connectivity index (χ1v) is 10.6. The summed E-state index contributed by atoms with van der Waals surface area (Å²) in [7, 11) is -0.687. The van der Waals surface area contributed by atoms with E-state index in [9.17, 15) is 18.0 Å². The van der Waals surface area contributed by atoms with E-state index in [0.717, 1.165) is 15.4 Å². The molecule has 0 saturated heterocycles. The van der Waals surface area contributed by atoms with Crippen LogP contribution in [0.5, 0.6) is 0 Å². The predicted octanol–water partition coefficient (Wildman–Crippen LogP) is 2.37. The number of carbonyl (C=O) groups excluding carboxylic acids is 2. The minimum Gasteiger partial charge on any atom is -0.351 e. The van der Waals surface area contributed by atoms with Gasteiger partial charge in [-0.15, -0.1) is 0 Å². The molecule has 7 nitrogen and oxygen atoms in total. The Kier molecular flexibility index (Phi) is 6.74. The molecule has 0 radical (unpaired) electrons. The Hall–Kier alpha value is -2.23. The molecule has 1 heterocycles. The van der Waals surface area contributed by atoms with Gasteiger partial charge >= 0.3 is 0 Å². The Morgan fingerprint density at radius 3 is 2.48 bits per heavy atom. The molecule has 0 fully saturated rings. The summed E-state index contributed by atoms with van der Waals surface area (Å²) in [5.74, 6) is -0.530. The molecule has 0 unspecified atom stereocenters. The van der Waals surface area contributed by atoms with Crippen LogP contribution in [0, 0.1) is 13.8 Å². The summed E-state index contributed by atoms with van der Waals surface area (Å²) in [4.78, 5) is 24.2. The Morgan fingerprint density at radius 1 is 1.19 bits per heavy atom. The predicted molar refractivity (Wildman–Crippen MR) is 107 cm³/mol. The summed E-state index contributed by atoms with van der Waals surface area (Å²) in [6.07, 6.45) is 0.0824. The Labute approximate surface area is 163 Å². The molecular formula is C18H23N3O4S2. The zero-order chi connectivity index (χ0) is 20.2. The van der Waals surface area contributed by atoms with E-state index >= 15 is 0 Å². The van der Waals surface area contributed by atoms with E-state index in [2.05, 4.69) is 10.6 Å². The van der Waals surface area contributed by atoms with Crippen molar-refractivity contribution >= 4 is 38.9 Å². The lowest BCUT2D eigenvalue weighted by Gasteiger charge is -2.16. The number of nitrogens with one attached hydrogen (secondary N) is 2. The summed E-state index contributed by atoms with van der Waals surface area (Å²) in [6, 6.07) is 4.75. The van der Waals surface area contributed by atoms with Crippen molar-refractivity contribution in [1.82, 2.24) is 9.62 Å². The number of thiophene rings is 1. The quantitative estimate of drug-likeness (QED) is 0.734. The molecule has 0 bridgehead atoms. The van der Waals surface area contributed by atoms with Gasteiger partial charge in [-0.25, -0.2) is 12.7 Å². The standard InChI is InChI=1S/C18H23N3O4S2/c1-12-9-15(27(24,25)21(3)4)10-16(13(12)2)20-17(22)5-7-19-18(23)14-6-8-26-11-14/h6,8-11H,5,7H2,1-4H3,(H,19,23)(H,20,22). The zero-order valence-corrected chi connectivity index (χ0v) is 17.3. The van der Waals surface area contributed by atoms with E-state index in [1.165, 1.54) is 31.5 Å². The third kappa shape index (κ3) is 5.15. The lowest BCUT2D eigenvalue weighted by molar-refractivity contribution is -0.116. The highest BCUT2D eigenvalue weighted by Gasteiger charge is 2.20. The first kappa shape index (κ1) is 21.1. The van der Waals surface area contributed by atoms with Crippen molar-refractivity contribution in [2.24, 2.45) is 0 Å². The highest BCUT2D eigenvalue weighted by Crippen LogP contribution is 2.25. The van der Waals surface area contributed by atoms with E-state index in [1.807, 2.05) is 12.3 Å². The van der Waals surface area contributed by atoms with Gasteiger partial charge in [0.1, 0.15) is 0 Å². The number of anilines is 1. The third-order valence-electron chi connectivity index (χ3n) is 4.11. The van der Waals surface area contributed by atoms with Crippen molar-refractivity contribution < 1.29 is 18.0 Å². The lowest BCUT2D eigenvalue weighted by atomic mass is 10.1. The lowest BCUT2D eigenvalue weighted by Crippen LogP contribution is -2.27. The van der Waals surface area contributed by atoms with Crippen molar-refractivity contribution in [3.05, 3.63) is 45.6 Å². The van der Waals surface area contributed by atoms with Gasteiger partial charge in [0.15, 0.2) is 0 Å². The Bertz CT molecular complexity index is 936. The van der Waals surface area contributed by atoms with Crippen LogP contribution in [0.3, 0.4) is 0 Å². The average molecular weight is 410 g/mol. The molecule has 1 aromatic carbocycles. The number of rotatable bonds is 7. The number of carbonyl (C=O) groups is 2. The Balaban J connectivity index is 2.04. The molecular weight excluding hydrogens is 386 g/mol. The average Bonchev–Trinajstić information content (AvgIpc) is 3.13. The molecule has 2 aromatic rings. The van der Waals surface area contributed by atoms with Gasteiger partial charge in [-0.05, 0) is 48.6 Å². The van der Waals surface area contributed by atoms with Crippen LogP contribution >= 0.6 is 11.3 Å². The molecule has 9 heteroatoms. The van der Waals surface area contributed by atoms with Crippen molar-refractivity contribution in [1.29, 1.82) is 0 Å². The molecule has 27 heavy (non-hydrogen) atoms. The van der Waals surface area contributed by atoms with Crippen molar-refractivity contribution in [2.75, 3.05) is 26.0 Å². The van der Waals surface area contributed by atoms with Gasteiger partial charge in [0, 0.05) is 43.7 Å². The maximum absolute atomic E-state index is 12.4. The fraction of sp³-hybridized carbons (Fsp3) is 0.333. The van der Waals surface area contributed by atoms with E-state index in [-0.39, 0.29) is 29.7 Å². The van der Waals surface area contributed by atoms with Crippen LogP contribution in [-0.2, 0) is 14.8 Å². The van der Waals surface area contributed by atoms with Crippen LogP contribution in [0.25, 0.3) is 0 Å². The number of nitrogens with zero attached hydrogens (tertiary/aromatic N) is 1. The SMILES string of the molecule is Cc1cc(S(=O)(=O)N(C)C)cc(NC(=O)CCNC(=O)c2ccsc2)c1C. The molecule has 2 N–H and O–H groups in total. The second-order valence-electron chi connectivity index (χ2n) is 6.27. The molecule has 0 saturated carbocycles. The number of sulfonamides is 1. The molecule has 0 aliphatic heterocycles. The van der Waals surface area contributed by atoms with E-state index in [4.69, 9.17) is 0 Å². The summed E-state index contributed by atoms with van der Waals surface area (Å²) >= 11 is 1.42. The molecule has 0 aliphatic rings. The van der Waals surface area contributed by atoms with E-state index in [1.54, 1.807) is 24.4 Å². The molecule has 0 aliphatic carbocycles. The topological polar surface area (TPSA) is 95.6 Å². The van der Waals surface area contributed by atoms with Gasteiger partial charge in [0.25, 0.3) is 5.91 Å². The number of aryl methyl sites for hydroxylation is 1. The third-order valence-corrected chi connectivity index (χ3v) is 6.59. The van der Waals surface area contributed by atoms with Crippen molar-refractivity contribution in [3.63, 3.8) is 0 Å². The van der Waals surface area contributed by atoms with Crippen LogP contribution in [-0.4, -0.2) is 45.2 Å². The summed E-state index contributed by atoms with van der Waals surface area (Å²) < 4.78 is 25.8. The first-order valence-electron chi connectivity index (χ1n) is 8.27. The van der Waals surface area contributed by atoms with Gasteiger partial charge in [0.2, 0.25) is 15.9 Å². The summed E-state index contributed by atoms with van der Waals surface area (Å²) in [5, 5.41) is 8.96. The van der Waals surface area contributed by atoms with E-state index in [0.29, 0.717) is 11.3 Å². The minimum atomic E-state index is -3.60. The fourth-order valence-corrected chi connectivity index (χ4v) is 3.96. The van der Waals surface area contributed by atoms with Gasteiger partial charge in [-0.3, -0.25) is 9.59 Å². The van der Waals surface area contributed by atoms with Crippen molar-refractivity contribution in [3.8, 4) is 0 Å². The van der Waals surface area contributed by atoms with Crippen molar-refractivity contribution in [2.45, 2.75) is 25.2 Å². The maximum Gasteiger partial charge on any atom is 0.252 e. The molecule has 0 spiro atoms. The van der Waals surface area contributed by atoms with E-state index < -0.39 is 10.0 Å². The number of hydrogen-bond donors (Lipinski definition) is 2. The van der Waals surface area contributed by atoms with Crippen LogP contribution in [0.15, 0.2) is 33.9 Å². The monoisotopic (exact) mass is 409 g/mol. The van der Waals surface area contributed by atoms with Crippen LogP contribution in [0.2, 0.25) is 0 Å². The molecule has 2 amide bonds. The van der Waals surface area contributed by atoms with Crippen LogP contribution in [0.1, 0.15) is 27.9 Å². The van der Waals surface area contributed by atoms with Gasteiger partial charge in [-0.2, -0.15) is 11.3 Å². The number of benzene rings is 1.